The fourth-order valence-electron chi connectivity index (χ4n) is 2.34. The van der Waals surface area contributed by atoms with Gasteiger partial charge in [0, 0.05) is 6.04 Å². The molecule has 4 heteroatoms. The molecule has 0 aliphatic rings. The van der Waals surface area contributed by atoms with Crippen LogP contribution in [-0.4, -0.2) is 13.7 Å². The van der Waals surface area contributed by atoms with E-state index in [1.54, 1.807) is 12.1 Å². The summed E-state index contributed by atoms with van der Waals surface area (Å²) in [5.41, 5.74) is 3.51. The quantitative estimate of drug-likeness (QED) is 0.865. The summed E-state index contributed by atoms with van der Waals surface area (Å²) in [7, 11) is 1.89. The average Bonchev–Trinajstić information content (AvgIpc) is 2.45. The Balaban J connectivity index is 2.10. The maximum Gasteiger partial charge on any atom is 0.387 e. The van der Waals surface area contributed by atoms with Crippen LogP contribution >= 0.6 is 0 Å². The van der Waals surface area contributed by atoms with Crippen LogP contribution in [-0.2, 0) is 6.42 Å². The van der Waals surface area contributed by atoms with E-state index in [9.17, 15) is 8.78 Å². The van der Waals surface area contributed by atoms with Gasteiger partial charge in [0.25, 0.3) is 0 Å². The van der Waals surface area contributed by atoms with Crippen molar-refractivity contribution in [2.45, 2.75) is 26.0 Å². The summed E-state index contributed by atoms with van der Waals surface area (Å²) < 4.78 is 28.6. The third kappa shape index (κ3) is 4.53. The van der Waals surface area contributed by atoms with Gasteiger partial charge < -0.3 is 10.1 Å². The minimum atomic E-state index is -2.79. The summed E-state index contributed by atoms with van der Waals surface area (Å²) >= 11 is 0. The van der Waals surface area contributed by atoms with E-state index in [0.29, 0.717) is 0 Å². The molecule has 1 N–H and O–H groups in total. The van der Waals surface area contributed by atoms with Crippen LogP contribution in [0.3, 0.4) is 0 Å². The van der Waals surface area contributed by atoms with E-state index in [1.165, 1.54) is 11.1 Å². The van der Waals surface area contributed by atoms with Gasteiger partial charge in [-0.2, -0.15) is 8.78 Å². The van der Waals surface area contributed by atoms with Gasteiger partial charge in [-0.25, -0.2) is 0 Å². The Kier molecular flexibility index (Phi) is 5.28. The SMILES string of the molecule is CNC(Cc1cccc(C)c1)c1ccc(OC(F)F)cc1. The van der Waals surface area contributed by atoms with Crippen molar-refractivity contribution in [3.8, 4) is 5.75 Å². The molecule has 0 bridgehead atoms. The number of benzene rings is 2. The second kappa shape index (κ2) is 7.18. The van der Waals surface area contributed by atoms with Gasteiger partial charge in [0.1, 0.15) is 5.75 Å². The fourth-order valence-corrected chi connectivity index (χ4v) is 2.34. The zero-order valence-electron chi connectivity index (χ0n) is 12.1. The molecular weight excluding hydrogens is 272 g/mol. The zero-order chi connectivity index (χ0) is 15.2. The molecule has 0 saturated heterocycles. The van der Waals surface area contributed by atoms with Gasteiger partial charge in [-0.15, -0.1) is 0 Å². The highest BCUT2D eigenvalue weighted by Crippen LogP contribution is 2.22. The number of halogens is 2. The van der Waals surface area contributed by atoms with Gasteiger partial charge in [0.05, 0.1) is 0 Å². The number of hydrogen-bond donors (Lipinski definition) is 1. The predicted octanol–water partition coefficient (Wildman–Crippen LogP) is 4.10. The number of hydrogen-bond acceptors (Lipinski definition) is 2. The van der Waals surface area contributed by atoms with E-state index in [0.717, 1.165) is 12.0 Å². The lowest BCUT2D eigenvalue weighted by Gasteiger charge is -2.17. The highest BCUT2D eigenvalue weighted by Gasteiger charge is 2.11. The molecule has 0 heterocycles. The van der Waals surface area contributed by atoms with Crippen LogP contribution in [0.2, 0.25) is 0 Å². The molecule has 0 aliphatic carbocycles. The summed E-state index contributed by atoms with van der Waals surface area (Å²) in [6, 6.07) is 15.2. The van der Waals surface area contributed by atoms with Gasteiger partial charge in [0.15, 0.2) is 0 Å². The maximum absolute atomic E-state index is 12.1. The number of alkyl halides is 2. The monoisotopic (exact) mass is 291 g/mol. The number of nitrogens with one attached hydrogen (secondary N) is 1. The molecule has 2 aromatic rings. The van der Waals surface area contributed by atoms with E-state index >= 15 is 0 Å². The summed E-state index contributed by atoms with van der Waals surface area (Å²) in [4.78, 5) is 0. The van der Waals surface area contributed by atoms with Gasteiger partial charge in [-0.3, -0.25) is 0 Å². The lowest BCUT2D eigenvalue weighted by Crippen LogP contribution is -2.18. The Morgan fingerprint density at radius 3 is 2.38 bits per heavy atom. The second-order valence-corrected chi connectivity index (χ2v) is 4.98. The highest BCUT2D eigenvalue weighted by molar-refractivity contribution is 5.31. The van der Waals surface area contributed by atoms with E-state index in [-0.39, 0.29) is 11.8 Å². The van der Waals surface area contributed by atoms with Gasteiger partial charge in [0.2, 0.25) is 0 Å². The summed E-state index contributed by atoms with van der Waals surface area (Å²) in [6.45, 7) is -0.725. The first-order chi connectivity index (χ1) is 10.1. The summed E-state index contributed by atoms with van der Waals surface area (Å²) in [5, 5.41) is 3.26. The Morgan fingerprint density at radius 2 is 1.81 bits per heavy atom. The fraction of sp³-hybridized carbons (Fsp3) is 0.294. The molecule has 1 atom stereocenters. The number of aryl methyl sites for hydroxylation is 1. The first kappa shape index (κ1) is 15.4. The number of rotatable bonds is 6. The molecule has 21 heavy (non-hydrogen) atoms. The lowest BCUT2D eigenvalue weighted by atomic mass is 9.98. The number of ether oxygens (including phenoxy) is 1. The van der Waals surface area contributed by atoms with Crippen molar-refractivity contribution in [3.05, 3.63) is 65.2 Å². The van der Waals surface area contributed by atoms with Crippen LogP contribution in [0.15, 0.2) is 48.5 Å². The molecule has 0 spiro atoms. The Hall–Kier alpha value is -1.94. The minimum Gasteiger partial charge on any atom is -0.435 e. The van der Waals surface area contributed by atoms with Gasteiger partial charge in [-0.05, 0) is 43.7 Å². The standard InChI is InChI=1S/C17H19F2NO/c1-12-4-3-5-13(10-12)11-16(20-2)14-6-8-15(9-7-14)21-17(18)19/h3-10,16-17,20H,11H2,1-2H3. The third-order valence-corrected chi connectivity index (χ3v) is 3.38. The van der Waals surface area contributed by atoms with Crippen molar-refractivity contribution in [2.24, 2.45) is 0 Å². The molecule has 1 unspecified atom stereocenters. The third-order valence-electron chi connectivity index (χ3n) is 3.38. The summed E-state index contributed by atoms with van der Waals surface area (Å²) in [5.74, 6) is 0.180. The molecule has 112 valence electrons. The topological polar surface area (TPSA) is 21.3 Å². The molecular formula is C17H19F2NO. The largest absolute Gasteiger partial charge is 0.435 e. The second-order valence-electron chi connectivity index (χ2n) is 4.98. The van der Waals surface area contributed by atoms with Crippen LogP contribution in [0.5, 0.6) is 5.75 Å². The maximum atomic E-state index is 12.1. The molecule has 0 fully saturated rings. The Bertz CT molecular complexity index is 569. The minimum absolute atomic E-state index is 0.132. The molecule has 0 aromatic heterocycles. The van der Waals surface area contributed by atoms with E-state index < -0.39 is 6.61 Å². The van der Waals surface area contributed by atoms with Crippen LogP contribution in [0.1, 0.15) is 22.7 Å². The van der Waals surface area contributed by atoms with Crippen molar-refractivity contribution < 1.29 is 13.5 Å². The van der Waals surface area contributed by atoms with E-state index in [2.05, 4.69) is 35.2 Å². The first-order valence-corrected chi connectivity index (χ1v) is 6.86. The normalized spacial score (nSPS) is 12.4. The van der Waals surface area contributed by atoms with Crippen molar-refractivity contribution in [3.63, 3.8) is 0 Å². The zero-order valence-corrected chi connectivity index (χ0v) is 12.1. The van der Waals surface area contributed by atoms with Crippen LogP contribution in [0.25, 0.3) is 0 Å². The van der Waals surface area contributed by atoms with E-state index in [1.807, 2.05) is 25.2 Å². The Morgan fingerprint density at radius 1 is 1.10 bits per heavy atom. The molecule has 2 nitrogen and oxygen atoms in total. The van der Waals surface area contributed by atoms with Gasteiger partial charge in [-0.1, -0.05) is 42.0 Å². The predicted molar refractivity (Wildman–Crippen MR) is 79.8 cm³/mol. The molecule has 0 amide bonds. The molecule has 0 saturated carbocycles. The lowest BCUT2D eigenvalue weighted by molar-refractivity contribution is -0.0498. The molecule has 2 aromatic carbocycles. The van der Waals surface area contributed by atoms with Crippen molar-refractivity contribution in [2.75, 3.05) is 7.05 Å². The molecule has 0 radical (unpaired) electrons. The van der Waals surface area contributed by atoms with Crippen molar-refractivity contribution >= 4 is 0 Å². The highest BCUT2D eigenvalue weighted by atomic mass is 19.3. The Labute approximate surface area is 123 Å². The molecule has 0 aliphatic heterocycles. The number of likely N-dealkylation sites (N-methyl/N-ethyl adjacent to an activating group) is 1. The smallest absolute Gasteiger partial charge is 0.387 e. The van der Waals surface area contributed by atoms with Gasteiger partial charge >= 0.3 is 6.61 Å². The van der Waals surface area contributed by atoms with Crippen molar-refractivity contribution in [1.29, 1.82) is 0 Å². The first-order valence-electron chi connectivity index (χ1n) is 6.86. The molecule has 2 rings (SSSR count). The van der Waals surface area contributed by atoms with Crippen molar-refractivity contribution in [1.82, 2.24) is 5.32 Å². The summed E-state index contributed by atoms with van der Waals surface area (Å²) in [6.07, 6.45) is 0.841. The van der Waals surface area contributed by atoms with Crippen LogP contribution in [0.4, 0.5) is 8.78 Å². The average molecular weight is 291 g/mol. The van der Waals surface area contributed by atoms with Crippen LogP contribution < -0.4 is 10.1 Å². The van der Waals surface area contributed by atoms with E-state index in [4.69, 9.17) is 0 Å². The van der Waals surface area contributed by atoms with Crippen LogP contribution in [0, 0.1) is 6.92 Å².